The third-order valence-electron chi connectivity index (χ3n) is 3.11. The molecule has 16 heavy (non-hydrogen) atoms. The Morgan fingerprint density at radius 2 is 2.12 bits per heavy atom. The molecule has 2 fully saturated rings. The first-order chi connectivity index (χ1) is 7.76. The number of nitrogens with one attached hydrogen (secondary N) is 1. The largest absolute Gasteiger partial charge is 0.389 e. The van der Waals surface area contributed by atoms with Crippen molar-refractivity contribution in [1.82, 2.24) is 9.97 Å². The van der Waals surface area contributed by atoms with Crippen molar-refractivity contribution >= 4 is 11.6 Å². The lowest BCUT2D eigenvalue weighted by Crippen LogP contribution is -2.51. The number of rotatable bonds is 3. The van der Waals surface area contributed by atoms with Crippen LogP contribution in [0, 0.1) is 0 Å². The van der Waals surface area contributed by atoms with Crippen LogP contribution in [0.25, 0.3) is 0 Å². The van der Waals surface area contributed by atoms with E-state index in [1.807, 2.05) is 13.1 Å². The third-order valence-corrected chi connectivity index (χ3v) is 3.11. The summed E-state index contributed by atoms with van der Waals surface area (Å²) in [7, 11) is 1.87. The van der Waals surface area contributed by atoms with Crippen molar-refractivity contribution in [3.8, 4) is 0 Å². The Morgan fingerprint density at radius 3 is 2.69 bits per heavy atom. The summed E-state index contributed by atoms with van der Waals surface area (Å²) in [5, 5.41) is 12.4. The molecule has 0 atom stereocenters. The van der Waals surface area contributed by atoms with Gasteiger partial charge in [-0.2, -0.15) is 0 Å². The van der Waals surface area contributed by atoms with Crippen LogP contribution in [-0.4, -0.2) is 41.3 Å². The number of β-amino-alcohol motifs (C(OH)–C–C–N with tert-alkyl or cyclic N) is 1. The van der Waals surface area contributed by atoms with E-state index in [0.29, 0.717) is 19.0 Å². The normalized spacial score (nSPS) is 20.8. The molecule has 86 valence electrons. The number of nitrogens with zero attached hydrogens (tertiary/aromatic N) is 3. The predicted octanol–water partition coefficient (Wildman–Crippen LogP) is 0.577. The van der Waals surface area contributed by atoms with Crippen molar-refractivity contribution in [2.24, 2.45) is 0 Å². The minimum Gasteiger partial charge on any atom is -0.389 e. The Bertz CT molecular complexity index is 399. The zero-order valence-electron chi connectivity index (χ0n) is 9.35. The second kappa shape index (κ2) is 3.59. The highest BCUT2D eigenvalue weighted by Gasteiger charge is 2.30. The molecule has 1 saturated heterocycles. The van der Waals surface area contributed by atoms with E-state index in [4.69, 9.17) is 0 Å². The first kappa shape index (κ1) is 9.84. The molecule has 0 radical (unpaired) electrons. The van der Waals surface area contributed by atoms with E-state index < -0.39 is 0 Å². The monoisotopic (exact) mass is 220 g/mol. The fourth-order valence-electron chi connectivity index (χ4n) is 1.91. The van der Waals surface area contributed by atoms with Crippen LogP contribution < -0.4 is 10.2 Å². The molecule has 1 aliphatic heterocycles. The molecule has 3 rings (SSSR count). The number of anilines is 2. The minimum absolute atomic E-state index is 0.197. The summed E-state index contributed by atoms with van der Waals surface area (Å²) in [6, 6.07) is 1.94. The Labute approximate surface area is 94.5 Å². The summed E-state index contributed by atoms with van der Waals surface area (Å²) in [6.45, 7) is 1.37. The summed E-state index contributed by atoms with van der Waals surface area (Å²) in [5.41, 5.74) is 0. The van der Waals surface area contributed by atoms with Crippen LogP contribution in [0.2, 0.25) is 0 Å². The van der Waals surface area contributed by atoms with Crippen LogP contribution >= 0.6 is 0 Å². The smallest absolute Gasteiger partial charge is 0.136 e. The zero-order chi connectivity index (χ0) is 11.1. The summed E-state index contributed by atoms with van der Waals surface area (Å²) in [5.74, 6) is 3.31. The van der Waals surface area contributed by atoms with Gasteiger partial charge >= 0.3 is 0 Å². The maximum Gasteiger partial charge on any atom is 0.136 e. The maximum absolute atomic E-state index is 9.30. The van der Waals surface area contributed by atoms with Gasteiger partial charge in [0, 0.05) is 32.1 Å². The molecule has 0 bridgehead atoms. The Hall–Kier alpha value is -1.36. The highest BCUT2D eigenvalue weighted by Crippen LogP contribution is 2.39. The molecule has 5 nitrogen and oxygen atoms in total. The van der Waals surface area contributed by atoms with E-state index in [1.165, 1.54) is 12.8 Å². The maximum atomic E-state index is 9.30. The molecule has 0 amide bonds. The van der Waals surface area contributed by atoms with Crippen molar-refractivity contribution < 1.29 is 5.11 Å². The number of hydrogen-bond acceptors (Lipinski definition) is 5. The quantitative estimate of drug-likeness (QED) is 0.780. The zero-order valence-corrected chi connectivity index (χ0v) is 9.35. The number of hydrogen-bond donors (Lipinski definition) is 2. The second-order valence-corrected chi connectivity index (χ2v) is 4.55. The molecule has 1 aromatic rings. The molecule has 2 heterocycles. The lowest BCUT2D eigenvalue weighted by Gasteiger charge is -2.37. The Balaban J connectivity index is 1.88. The van der Waals surface area contributed by atoms with Crippen molar-refractivity contribution in [3.63, 3.8) is 0 Å². The molecule has 2 N–H and O–H groups in total. The Kier molecular flexibility index (Phi) is 2.21. The number of aliphatic hydroxyl groups excluding tert-OH is 1. The van der Waals surface area contributed by atoms with E-state index in [1.54, 1.807) is 0 Å². The topological polar surface area (TPSA) is 61.3 Å². The van der Waals surface area contributed by atoms with Crippen LogP contribution in [0.3, 0.4) is 0 Å². The molecular weight excluding hydrogens is 204 g/mol. The van der Waals surface area contributed by atoms with Crippen molar-refractivity contribution in [2.45, 2.75) is 24.9 Å². The summed E-state index contributed by atoms with van der Waals surface area (Å²) >= 11 is 0. The Morgan fingerprint density at radius 1 is 1.38 bits per heavy atom. The third kappa shape index (κ3) is 1.71. The molecule has 5 heteroatoms. The van der Waals surface area contributed by atoms with Gasteiger partial charge in [-0.25, -0.2) is 9.97 Å². The van der Waals surface area contributed by atoms with E-state index in [9.17, 15) is 5.11 Å². The van der Waals surface area contributed by atoms with Crippen LogP contribution in [0.1, 0.15) is 24.6 Å². The van der Waals surface area contributed by atoms with Gasteiger partial charge in [-0.05, 0) is 12.8 Å². The lowest BCUT2D eigenvalue weighted by molar-refractivity contribution is 0.141. The standard InChI is InChI=1S/C11H16N4O/c1-12-9-4-10(15-5-8(16)6-15)14-11(13-9)7-2-3-7/h4,7-8,16H,2-3,5-6H2,1H3,(H,12,13,14). The molecule has 1 saturated carbocycles. The van der Waals surface area contributed by atoms with E-state index in [-0.39, 0.29) is 6.10 Å². The van der Waals surface area contributed by atoms with Gasteiger partial charge in [0.2, 0.25) is 0 Å². The molecule has 0 unspecified atom stereocenters. The van der Waals surface area contributed by atoms with Crippen LogP contribution in [0.4, 0.5) is 11.6 Å². The van der Waals surface area contributed by atoms with Gasteiger partial charge in [0.25, 0.3) is 0 Å². The molecule has 0 spiro atoms. The van der Waals surface area contributed by atoms with Crippen LogP contribution in [0.5, 0.6) is 0 Å². The minimum atomic E-state index is -0.197. The molecule has 1 aliphatic carbocycles. The van der Waals surface area contributed by atoms with Gasteiger partial charge in [-0.1, -0.05) is 0 Å². The summed E-state index contributed by atoms with van der Waals surface area (Å²) in [4.78, 5) is 11.1. The first-order valence-corrected chi connectivity index (χ1v) is 5.76. The fraction of sp³-hybridized carbons (Fsp3) is 0.636. The van der Waals surface area contributed by atoms with Crippen LogP contribution in [0.15, 0.2) is 6.07 Å². The van der Waals surface area contributed by atoms with Crippen molar-refractivity contribution in [3.05, 3.63) is 11.9 Å². The van der Waals surface area contributed by atoms with Gasteiger partial charge in [-0.3, -0.25) is 0 Å². The average Bonchev–Trinajstić information content (AvgIpc) is 3.08. The highest BCUT2D eigenvalue weighted by molar-refractivity contribution is 5.51. The molecule has 0 aromatic carbocycles. The van der Waals surface area contributed by atoms with Crippen molar-refractivity contribution in [2.75, 3.05) is 30.4 Å². The van der Waals surface area contributed by atoms with Crippen molar-refractivity contribution in [1.29, 1.82) is 0 Å². The number of aromatic nitrogens is 2. The van der Waals surface area contributed by atoms with Crippen LogP contribution in [-0.2, 0) is 0 Å². The van der Waals surface area contributed by atoms with Gasteiger partial charge in [-0.15, -0.1) is 0 Å². The lowest BCUT2D eigenvalue weighted by atomic mass is 10.2. The summed E-state index contributed by atoms with van der Waals surface area (Å²) in [6.07, 6.45) is 2.21. The highest BCUT2D eigenvalue weighted by atomic mass is 16.3. The fourth-order valence-corrected chi connectivity index (χ4v) is 1.91. The van der Waals surface area contributed by atoms with Gasteiger partial charge in [0.15, 0.2) is 0 Å². The van der Waals surface area contributed by atoms with Gasteiger partial charge in [0.05, 0.1) is 6.10 Å². The average molecular weight is 220 g/mol. The van der Waals surface area contributed by atoms with Gasteiger partial charge in [0.1, 0.15) is 17.5 Å². The van der Waals surface area contributed by atoms with E-state index >= 15 is 0 Å². The molecule has 1 aromatic heterocycles. The SMILES string of the molecule is CNc1cc(N2CC(O)C2)nc(C2CC2)n1. The second-order valence-electron chi connectivity index (χ2n) is 4.55. The first-order valence-electron chi connectivity index (χ1n) is 5.76. The van der Waals surface area contributed by atoms with Gasteiger partial charge < -0.3 is 15.3 Å². The number of aliphatic hydroxyl groups is 1. The summed E-state index contributed by atoms with van der Waals surface area (Å²) < 4.78 is 0. The molecule has 2 aliphatic rings. The molecular formula is C11H16N4O. The van der Waals surface area contributed by atoms with E-state index in [0.717, 1.165) is 17.5 Å². The predicted molar refractivity (Wildman–Crippen MR) is 61.8 cm³/mol. The van der Waals surface area contributed by atoms with E-state index in [2.05, 4.69) is 20.2 Å².